The van der Waals surface area contributed by atoms with Crippen LogP contribution in [0.1, 0.15) is 11.3 Å². The zero-order valence-electron chi connectivity index (χ0n) is 10.5. The number of benzene rings is 2. The third-order valence-corrected chi connectivity index (χ3v) is 2.98. The molecule has 0 atom stereocenters. The summed E-state index contributed by atoms with van der Waals surface area (Å²) in [5.41, 5.74) is 9.60. The van der Waals surface area contributed by atoms with Crippen LogP contribution in [-0.4, -0.2) is 4.98 Å². The summed E-state index contributed by atoms with van der Waals surface area (Å²) in [6, 6.07) is 20.0. The molecular weight excluding hydrogens is 232 g/mol. The van der Waals surface area contributed by atoms with E-state index in [2.05, 4.69) is 23.2 Å². The van der Waals surface area contributed by atoms with Gasteiger partial charge in [0.2, 0.25) is 0 Å². The topological polar surface area (TPSA) is 38.9 Å². The van der Waals surface area contributed by atoms with Gasteiger partial charge in [-0.05, 0) is 35.9 Å². The summed E-state index contributed by atoms with van der Waals surface area (Å²) in [4.78, 5) is 4.59. The van der Waals surface area contributed by atoms with Gasteiger partial charge in [0, 0.05) is 11.1 Å². The van der Waals surface area contributed by atoms with E-state index in [9.17, 15) is 0 Å². The third kappa shape index (κ3) is 2.63. The minimum Gasteiger partial charge on any atom is -0.399 e. The fourth-order valence-electron chi connectivity index (χ4n) is 2.00. The van der Waals surface area contributed by atoms with Crippen molar-refractivity contribution in [3.05, 3.63) is 71.9 Å². The minimum absolute atomic E-state index is 0.766. The molecule has 1 aromatic heterocycles. The van der Waals surface area contributed by atoms with Crippen LogP contribution in [0.5, 0.6) is 0 Å². The fourth-order valence-corrected chi connectivity index (χ4v) is 2.00. The second-order valence-electron chi connectivity index (χ2n) is 4.43. The summed E-state index contributed by atoms with van der Waals surface area (Å²) in [5, 5.41) is 1.07. The van der Waals surface area contributed by atoms with Gasteiger partial charge in [-0.3, -0.25) is 0 Å². The van der Waals surface area contributed by atoms with Gasteiger partial charge in [-0.25, -0.2) is 4.98 Å². The number of nitrogens with zero attached hydrogens (tertiary/aromatic N) is 1. The Morgan fingerprint density at radius 3 is 2.53 bits per heavy atom. The molecule has 1 heterocycles. The fraction of sp³-hybridized carbons (Fsp3) is 0. The van der Waals surface area contributed by atoms with E-state index in [0.717, 1.165) is 22.3 Å². The molecule has 0 aliphatic rings. The largest absolute Gasteiger partial charge is 0.399 e. The van der Waals surface area contributed by atoms with Gasteiger partial charge >= 0.3 is 0 Å². The van der Waals surface area contributed by atoms with E-state index >= 15 is 0 Å². The summed E-state index contributed by atoms with van der Waals surface area (Å²) in [5.74, 6) is 0. The molecule has 0 spiro atoms. The van der Waals surface area contributed by atoms with Crippen molar-refractivity contribution in [2.45, 2.75) is 0 Å². The predicted octanol–water partition coefficient (Wildman–Crippen LogP) is 3.99. The van der Waals surface area contributed by atoms with Gasteiger partial charge < -0.3 is 5.73 Å². The molecule has 2 N–H and O–H groups in total. The quantitative estimate of drug-likeness (QED) is 0.694. The maximum atomic E-state index is 5.75. The molecule has 0 saturated carbocycles. The van der Waals surface area contributed by atoms with Crippen molar-refractivity contribution in [3.8, 4) is 0 Å². The molecule has 92 valence electrons. The van der Waals surface area contributed by atoms with E-state index in [1.54, 1.807) is 0 Å². The number of nitrogens with two attached hydrogens (primary N) is 1. The molecule has 2 heteroatoms. The SMILES string of the molecule is Nc1ccc2nc(/C=C/c3ccccc3)ccc2c1. The van der Waals surface area contributed by atoms with Gasteiger partial charge in [-0.15, -0.1) is 0 Å². The Bertz CT molecular complexity index is 731. The standard InChI is InChI=1S/C17H14N2/c18-15-8-11-17-14(12-15)7-10-16(19-17)9-6-13-4-2-1-3-5-13/h1-12H,18H2/b9-6+. The van der Waals surface area contributed by atoms with Crippen LogP contribution in [0.2, 0.25) is 0 Å². The number of aromatic nitrogens is 1. The molecule has 0 aliphatic heterocycles. The summed E-state index contributed by atoms with van der Waals surface area (Å²) in [6.45, 7) is 0. The Kier molecular flexibility index (Phi) is 2.99. The Balaban J connectivity index is 1.94. The monoisotopic (exact) mass is 246 g/mol. The molecule has 3 rings (SSSR count). The average Bonchev–Trinajstić information content (AvgIpc) is 2.46. The first-order valence-electron chi connectivity index (χ1n) is 6.21. The maximum absolute atomic E-state index is 5.75. The highest BCUT2D eigenvalue weighted by Crippen LogP contribution is 2.17. The molecule has 19 heavy (non-hydrogen) atoms. The van der Waals surface area contributed by atoms with Crippen LogP contribution in [0.15, 0.2) is 60.7 Å². The number of pyridine rings is 1. The second kappa shape index (κ2) is 4.94. The summed E-state index contributed by atoms with van der Waals surface area (Å²) < 4.78 is 0. The van der Waals surface area contributed by atoms with Crippen LogP contribution in [0, 0.1) is 0 Å². The second-order valence-corrected chi connectivity index (χ2v) is 4.43. The molecule has 0 radical (unpaired) electrons. The third-order valence-electron chi connectivity index (χ3n) is 2.98. The number of nitrogen functional groups attached to an aromatic ring is 1. The molecule has 2 nitrogen and oxygen atoms in total. The summed E-state index contributed by atoms with van der Waals surface area (Å²) >= 11 is 0. The Morgan fingerprint density at radius 2 is 1.68 bits per heavy atom. The summed E-state index contributed by atoms with van der Waals surface area (Å²) in [6.07, 6.45) is 4.08. The van der Waals surface area contributed by atoms with Crippen LogP contribution in [-0.2, 0) is 0 Å². The molecular formula is C17H14N2. The van der Waals surface area contributed by atoms with Crippen molar-refractivity contribution in [1.82, 2.24) is 4.98 Å². The van der Waals surface area contributed by atoms with Crippen LogP contribution < -0.4 is 5.73 Å². The number of anilines is 1. The molecule has 0 bridgehead atoms. The van der Waals surface area contributed by atoms with Crippen LogP contribution >= 0.6 is 0 Å². The van der Waals surface area contributed by atoms with Crippen molar-refractivity contribution in [2.24, 2.45) is 0 Å². The van der Waals surface area contributed by atoms with Crippen molar-refractivity contribution in [2.75, 3.05) is 5.73 Å². The van der Waals surface area contributed by atoms with Crippen LogP contribution in [0.4, 0.5) is 5.69 Å². The first-order valence-corrected chi connectivity index (χ1v) is 6.21. The lowest BCUT2D eigenvalue weighted by atomic mass is 10.1. The van der Waals surface area contributed by atoms with Gasteiger partial charge in [0.1, 0.15) is 0 Å². The zero-order chi connectivity index (χ0) is 13.1. The van der Waals surface area contributed by atoms with E-state index in [4.69, 9.17) is 5.73 Å². The van der Waals surface area contributed by atoms with E-state index in [0.29, 0.717) is 0 Å². The van der Waals surface area contributed by atoms with Crippen molar-refractivity contribution < 1.29 is 0 Å². The highest BCUT2D eigenvalue weighted by molar-refractivity contribution is 5.83. The Labute approximate surface area is 112 Å². The molecule has 2 aromatic carbocycles. The molecule has 0 amide bonds. The van der Waals surface area contributed by atoms with Gasteiger partial charge in [0.05, 0.1) is 11.2 Å². The zero-order valence-corrected chi connectivity index (χ0v) is 10.5. The molecule has 0 fully saturated rings. The number of fused-ring (bicyclic) bond motifs is 1. The molecule has 3 aromatic rings. The van der Waals surface area contributed by atoms with E-state index in [1.165, 1.54) is 5.56 Å². The number of hydrogen-bond donors (Lipinski definition) is 1. The average molecular weight is 246 g/mol. The van der Waals surface area contributed by atoms with Gasteiger partial charge in [-0.2, -0.15) is 0 Å². The lowest BCUT2D eigenvalue weighted by molar-refractivity contribution is 1.37. The van der Waals surface area contributed by atoms with E-state index < -0.39 is 0 Å². The number of rotatable bonds is 2. The minimum atomic E-state index is 0.766. The van der Waals surface area contributed by atoms with E-state index in [-0.39, 0.29) is 0 Å². The van der Waals surface area contributed by atoms with Gasteiger partial charge in [-0.1, -0.05) is 42.5 Å². The molecule has 0 saturated heterocycles. The maximum Gasteiger partial charge on any atom is 0.0710 e. The lowest BCUT2D eigenvalue weighted by Gasteiger charge is -2.00. The summed E-state index contributed by atoms with van der Waals surface area (Å²) in [7, 11) is 0. The van der Waals surface area contributed by atoms with E-state index in [1.807, 2.05) is 54.6 Å². The van der Waals surface area contributed by atoms with Crippen LogP contribution in [0.3, 0.4) is 0 Å². The normalized spacial score (nSPS) is 11.2. The predicted molar refractivity (Wildman–Crippen MR) is 81.5 cm³/mol. The first-order chi connectivity index (χ1) is 9.31. The Morgan fingerprint density at radius 1 is 0.842 bits per heavy atom. The molecule has 0 unspecified atom stereocenters. The smallest absolute Gasteiger partial charge is 0.0710 e. The Hall–Kier alpha value is -2.61. The van der Waals surface area contributed by atoms with Crippen LogP contribution in [0.25, 0.3) is 23.1 Å². The lowest BCUT2D eigenvalue weighted by Crippen LogP contribution is -1.87. The highest BCUT2D eigenvalue weighted by Gasteiger charge is 1.96. The molecule has 0 aliphatic carbocycles. The van der Waals surface area contributed by atoms with Gasteiger partial charge in [0.25, 0.3) is 0 Å². The van der Waals surface area contributed by atoms with Gasteiger partial charge in [0.15, 0.2) is 0 Å². The van der Waals surface area contributed by atoms with Crippen molar-refractivity contribution >= 4 is 28.7 Å². The van der Waals surface area contributed by atoms with Crippen molar-refractivity contribution in [1.29, 1.82) is 0 Å². The van der Waals surface area contributed by atoms with Crippen molar-refractivity contribution in [3.63, 3.8) is 0 Å². The number of hydrogen-bond acceptors (Lipinski definition) is 2. The first kappa shape index (κ1) is 11.5. The highest BCUT2D eigenvalue weighted by atomic mass is 14.7.